The predicted octanol–water partition coefficient (Wildman–Crippen LogP) is 1.34. The molecule has 134 valence electrons. The zero-order valence-electron chi connectivity index (χ0n) is 14.3. The molecule has 0 aliphatic rings. The van der Waals surface area contributed by atoms with Gasteiger partial charge in [-0.05, 0) is 39.0 Å². The number of aryl methyl sites for hydroxylation is 1. The van der Waals surface area contributed by atoms with Gasteiger partial charge in [0.15, 0.2) is 11.4 Å². The third-order valence-electron chi connectivity index (χ3n) is 3.95. The monoisotopic (exact) mass is 365 g/mol. The van der Waals surface area contributed by atoms with Crippen molar-refractivity contribution < 1.29 is 12.8 Å². The highest BCUT2D eigenvalue weighted by molar-refractivity contribution is 7.89. The van der Waals surface area contributed by atoms with Crippen LogP contribution in [0.3, 0.4) is 0 Å². The second kappa shape index (κ2) is 6.12. The van der Waals surface area contributed by atoms with Crippen LogP contribution < -0.4 is 10.5 Å². The number of benzene rings is 1. The van der Waals surface area contributed by atoms with Crippen molar-refractivity contribution in [2.75, 3.05) is 0 Å². The molecule has 0 spiro atoms. The number of rotatable bonds is 5. The number of hydrogen-bond donors (Lipinski definition) is 1. The summed E-state index contributed by atoms with van der Waals surface area (Å²) in [5, 5.41) is 7.86. The molecule has 3 rings (SSSR count). The lowest BCUT2D eigenvalue weighted by Crippen LogP contribution is -2.29. The van der Waals surface area contributed by atoms with Crippen LogP contribution in [0.25, 0.3) is 11.1 Å². The Kier molecular flexibility index (Phi) is 4.25. The molecule has 25 heavy (non-hydrogen) atoms. The molecule has 1 N–H and O–H groups in total. The highest BCUT2D eigenvalue weighted by Crippen LogP contribution is 2.21. The van der Waals surface area contributed by atoms with E-state index >= 15 is 0 Å². The van der Waals surface area contributed by atoms with Gasteiger partial charge in [-0.15, -0.1) is 10.2 Å². The molecule has 10 heteroatoms. The van der Waals surface area contributed by atoms with Crippen LogP contribution in [-0.4, -0.2) is 27.7 Å². The molecular weight excluding hydrogens is 346 g/mol. The first-order chi connectivity index (χ1) is 11.7. The van der Waals surface area contributed by atoms with Crippen LogP contribution in [-0.2, 0) is 17.1 Å². The van der Waals surface area contributed by atoms with E-state index in [1.165, 1.54) is 29.8 Å². The minimum absolute atomic E-state index is 0.0406. The predicted molar refractivity (Wildman–Crippen MR) is 90.6 cm³/mol. The van der Waals surface area contributed by atoms with Crippen LogP contribution in [0.15, 0.2) is 38.6 Å². The number of nitrogens with one attached hydrogen (secondary N) is 1. The average Bonchev–Trinajstić information content (AvgIpc) is 3.13. The molecule has 3 aromatic rings. The summed E-state index contributed by atoms with van der Waals surface area (Å²) >= 11 is 0. The molecule has 0 radical (unpaired) electrons. The van der Waals surface area contributed by atoms with Crippen molar-refractivity contribution in [2.45, 2.75) is 37.8 Å². The summed E-state index contributed by atoms with van der Waals surface area (Å²) in [6.07, 6.45) is 1.57. The first kappa shape index (κ1) is 17.4. The summed E-state index contributed by atoms with van der Waals surface area (Å²) in [5.41, 5.74) is 0.741. The van der Waals surface area contributed by atoms with Crippen molar-refractivity contribution in [3.8, 4) is 0 Å². The summed E-state index contributed by atoms with van der Waals surface area (Å²) in [5.74, 6) is -0.0220. The van der Waals surface area contributed by atoms with E-state index in [0.29, 0.717) is 16.9 Å². The Morgan fingerprint density at radius 2 is 1.96 bits per heavy atom. The van der Waals surface area contributed by atoms with E-state index in [1.54, 1.807) is 17.8 Å². The van der Waals surface area contributed by atoms with Crippen LogP contribution in [0.2, 0.25) is 0 Å². The van der Waals surface area contributed by atoms with Crippen LogP contribution in [0.4, 0.5) is 0 Å². The van der Waals surface area contributed by atoms with Crippen molar-refractivity contribution in [1.82, 2.24) is 24.1 Å². The molecule has 0 aliphatic carbocycles. The fourth-order valence-corrected chi connectivity index (χ4v) is 3.81. The standard InChI is InChI=1S/C15H19N5O4S/c1-9(2)20-8-16-17-14(20)10(3)18-25(22,23)11-5-6-13-12(7-11)19(4)15(21)24-13/h5-10,18H,1-4H3. The van der Waals surface area contributed by atoms with Crippen LogP contribution >= 0.6 is 0 Å². The molecule has 0 aliphatic heterocycles. The Balaban J connectivity index is 1.95. The fourth-order valence-electron chi connectivity index (χ4n) is 2.59. The lowest BCUT2D eigenvalue weighted by atomic mass is 10.3. The van der Waals surface area contributed by atoms with Crippen molar-refractivity contribution >= 4 is 21.1 Å². The van der Waals surface area contributed by atoms with Gasteiger partial charge < -0.3 is 8.98 Å². The topological polar surface area (TPSA) is 112 Å². The first-order valence-electron chi connectivity index (χ1n) is 7.72. The molecule has 1 unspecified atom stereocenters. The molecule has 0 bridgehead atoms. The maximum atomic E-state index is 12.7. The Hall–Kier alpha value is -2.46. The number of oxazole rings is 1. The van der Waals surface area contributed by atoms with Gasteiger partial charge in [0.1, 0.15) is 6.33 Å². The zero-order valence-corrected chi connectivity index (χ0v) is 15.1. The van der Waals surface area contributed by atoms with Crippen LogP contribution in [0.5, 0.6) is 0 Å². The lowest BCUT2D eigenvalue weighted by Gasteiger charge is -2.17. The SMILES string of the molecule is CC(NS(=O)(=O)c1ccc2oc(=O)n(C)c2c1)c1nncn1C(C)C. The van der Waals surface area contributed by atoms with Crippen LogP contribution in [0.1, 0.15) is 38.7 Å². The third-order valence-corrected chi connectivity index (χ3v) is 5.49. The van der Waals surface area contributed by atoms with Crippen molar-refractivity contribution in [3.63, 3.8) is 0 Å². The summed E-state index contributed by atoms with van der Waals surface area (Å²) in [4.78, 5) is 11.6. The van der Waals surface area contributed by atoms with Crippen molar-refractivity contribution in [3.05, 3.63) is 40.9 Å². The second-order valence-corrected chi connectivity index (χ2v) is 7.80. The third kappa shape index (κ3) is 3.10. The minimum atomic E-state index is -3.82. The lowest BCUT2D eigenvalue weighted by molar-refractivity contribution is 0.514. The summed E-state index contributed by atoms with van der Waals surface area (Å²) in [7, 11) is -2.30. The molecule has 0 saturated carbocycles. The van der Waals surface area contributed by atoms with Gasteiger partial charge in [-0.25, -0.2) is 17.9 Å². The first-order valence-corrected chi connectivity index (χ1v) is 9.20. The van der Waals surface area contributed by atoms with Crippen LogP contribution in [0, 0.1) is 0 Å². The molecule has 2 heterocycles. The molecule has 1 atom stereocenters. The largest absolute Gasteiger partial charge is 0.419 e. The van der Waals surface area contributed by atoms with E-state index in [9.17, 15) is 13.2 Å². The summed E-state index contributed by atoms with van der Waals surface area (Å²) in [6, 6.07) is 3.80. The maximum Gasteiger partial charge on any atom is 0.419 e. The molecule has 0 saturated heterocycles. The summed E-state index contributed by atoms with van der Waals surface area (Å²) in [6.45, 7) is 5.62. The molecule has 0 fully saturated rings. The molecule has 2 aromatic heterocycles. The zero-order chi connectivity index (χ0) is 18.4. The Labute approximate surface area is 144 Å². The Morgan fingerprint density at radius 3 is 2.64 bits per heavy atom. The van der Waals surface area contributed by atoms with E-state index < -0.39 is 21.8 Å². The normalized spacial score (nSPS) is 13.6. The Morgan fingerprint density at radius 1 is 1.24 bits per heavy atom. The number of sulfonamides is 1. The highest BCUT2D eigenvalue weighted by atomic mass is 32.2. The number of hydrogen-bond acceptors (Lipinski definition) is 6. The van der Waals surface area contributed by atoms with E-state index in [2.05, 4.69) is 14.9 Å². The summed E-state index contributed by atoms with van der Waals surface area (Å²) < 4.78 is 36.1. The molecular formula is C15H19N5O4S. The van der Waals surface area contributed by atoms with Gasteiger partial charge in [0.05, 0.1) is 16.5 Å². The smallest absolute Gasteiger partial charge is 0.408 e. The molecule has 9 nitrogen and oxygen atoms in total. The van der Waals surface area contributed by atoms with Gasteiger partial charge in [0, 0.05) is 13.1 Å². The molecule has 1 aromatic carbocycles. The number of aromatic nitrogens is 4. The number of fused-ring (bicyclic) bond motifs is 1. The van der Waals surface area contributed by atoms with Gasteiger partial charge in [0.25, 0.3) is 0 Å². The van der Waals surface area contributed by atoms with Gasteiger partial charge in [-0.3, -0.25) is 4.57 Å². The van der Waals surface area contributed by atoms with Crippen molar-refractivity contribution in [2.24, 2.45) is 7.05 Å². The maximum absolute atomic E-state index is 12.7. The fraction of sp³-hybridized carbons (Fsp3) is 0.400. The van der Waals surface area contributed by atoms with Gasteiger partial charge in [-0.1, -0.05) is 0 Å². The second-order valence-electron chi connectivity index (χ2n) is 6.09. The van der Waals surface area contributed by atoms with Crippen molar-refractivity contribution in [1.29, 1.82) is 0 Å². The molecule has 0 amide bonds. The van der Waals surface area contributed by atoms with Gasteiger partial charge in [-0.2, -0.15) is 0 Å². The van der Waals surface area contributed by atoms with E-state index in [1.807, 2.05) is 13.8 Å². The van der Waals surface area contributed by atoms with Gasteiger partial charge >= 0.3 is 5.76 Å². The minimum Gasteiger partial charge on any atom is -0.408 e. The van der Waals surface area contributed by atoms with E-state index in [-0.39, 0.29) is 10.9 Å². The highest BCUT2D eigenvalue weighted by Gasteiger charge is 2.23. The van der Waals surface area contributed by atoms with E-state index in [0.717, 1.165) is 0 Å². The average molecular weight is 365 g/mol. The number of nitrogens with zero attached hydrogens (tertiary/aromatic N) is 4. The Bertz CT molecular complexity index is 1080. The quantitative estimate of drug-likeness (QED) is 0.730. The van der Waals surface area contributed by atoms with Gasteiger partial charge in [0.2, 0.25) is 10.0 Å². The van der Waals surface area contributed by atoms with E-state index in [4.69, 9.17) is 4.42 Å².